The van der Waals surface area contributed by atoms with Gasteiger partial charge in [0.2, 0.25) is 0 Å². The van der Waals surface area contributed by atoms with E-state index in [1.165, 1.54) is 25.7 Å². The summed E-state index contributed by atoms with van der Waals surface area (Å²) in [6.45, 7) is 0.555. The number of aromatic nitrogens is 2. The van der Waals surface area contributed by atoms with Crippen molar-refractivity contribution in [3.05, 3.63) is 18.2 Å². The van der Waals surface area contributed by atoms with Gasteiger partial charge in [0.15, 0.2) is 0 Å². The molecule has 2 rings (SSSR count). The van der Waals surface area contributed by atoms with Crippen LogP contribution >= 0.6 is 0 Å². The van der Waals surface area contributed by atoms with Crippen LogP contribution in [0.15, 0.2) is 12.5 Å². The minimum absolute atomic E-state index is 0.149. The second kappa shape index (κ2) is 5.19. The van der Waals surface area contributed by atoms with E-state index in [4.69, 9.17) is 5.73 Å². The van der Waals surface area contributed by atoms with Crippen molar-refractivity contribution in [2.75, 3.05) is 6.54 Å². The van der Waals surface area contributed by atoms with Crippen LogP contribution in [0.2, 0.25) is 0 Å². The van der Waals surface area contributed by atoms with Crippen molar-refractivity contribution in [3.8, 4) is 0 Å². The maximum Gasteiger partial charge on any atom is 0.102 e. The van der Waals surface area contributed by atoms with Crippen LogP contribution in [0.1, 0.15) is 50.3 Å². The summed E-state index contributed by atoms with van der Waals surface area (Å²) in [5.41, 5.74) is 6.71. The normalized spacial score (nSPS) is 22.1. The summed E-state index contributed by atoms with van der Waals surface area (Å²) >= 11 is 0. The molecule has 17 heavy (non-hydrogen) atoms. The summed E-state index contributed by atoms with van der Waals surface area (Å²) in [6.07, 6.45) is 9.92. The molecule has 1 unspecified atom stereocenters. The summed E-state index contributed by atoms with van der Waals surface area (Å²) in [6, 6.07) is 0. The summed E-state index contributed by atoms with van der Waals surface area (Å²) in [7, 11) is 1.92. The number of aryl methyl sites for hydroxylation is 1. The molecule has 4 nitrogen and oxygen atoms in total. The van der Waals surface area contributed by atoms with Gasteiger partial charge in [-0.25, -0.2) is 4.98 Å². The Balaban J connectivity index is 2.24. The molecule has 0 bridgehead atoms. The van der Waals surface area contributed by atoms with Gasteiger partial charge in [0, 0.05) is 19.0 Å². The third-order valence-electron chi connectivity index (χ3n) is 4.22. The van der Waals surface area contributed by atoms with Gasteiger partial charge in [0.1, 0.15) is 6.10 Å². The van der Waals surface area contributed by atoms with Gasteiger partial charge < -0.3 is 15.4 Å². The average molecular weight is 237 g/mol. The van der Waals surface area contributed by atoms with Gasteiger partial charge in [-0.1, -0.05) is 25.7 Å². The molecule has 0 spiro atoms. The first-order valence-electron chi connectivity index (χ1n) is 6.54. The summed E-state index contributed by atoms with van der Waals surface area (Å²) in [4.78, 5) is 4.09. The van der Waals surface area contributed by atoms with Gasteiger partial charge in [-0.15, -0.1) is 0 Å². The molecule has 0 saturated heterocycles. The third kappa shape index (κ3) is 2.38. The van der Waals surface area contributed by atoms with Crippen LogP contribution in [0.5, 0.6) is 0 Å². The highest BCUT2D eigenvalue weighted by molar-refractivity contribution is 5.08. The van der Waals surface area contributed by atoms with E-state index in [2.05, 4.69) is 4.98 Å². The summed E-state index contributed by atoms with van der Waals surface area (Å²) in [5, 5.41) is 10.6. The Morgan fingerprint density at radius 2 is 2.06 bits per heavy atom. The molecule has 1 heterocycles. The minimum Gasteiger partial charge on any atom is -0.386 e. The van der Waals surface area contributed by atoms with Crippen LogP contribution in [0.3, 0.4) is 0 Å². The van der Waals surface area contributed by atoms with E-state index < -0.39 is 6.10 Å². The number of imidazole rings is 1. The van der Waals surface area contributed by atoms with Crippen LogP contribution in [0, 0.1) is 5.41 Å². The van der Waals surface area contributed by atoms with E-state index in [0.29, 0.717) is 6.54 Å². The van der Waals surface area contributed by atoms with E-state index >= 15 is 0 Å². The lowest BCUT2D eigenvalue weighted by atomic mass is 9.74. The number of hydrogen-bond donors (Lipinski definition) is 2. The van der Waals surface area contributed by atoms with Gasteiger partial charge in [-0.3, -0.25) is 0 Å². The van der Waals surface area contributed by atoms with Gasteiger partial charge >= 0.3 is 0 Å². The molecule has 1 aliphatic carbocycles. The molecule has 1 aliphatic rings. The molecule has 0 radical (unpaired) electrons. The molecule has 0 aromatic carbocycles. The smallest absolute Gasteiger partial charge is 0.102 e. The van der Waals surface area contributed by atoms with Crippen molar-refractivity contribution in [1.82, 2.24) is 9.55 Å². The maximum absolute atomic E-state index is 10.6. The lowest BCUT2D eigenvalue weighted by molar-refractivity contribution is 0.0116. The summed E-state index contributed by atoms with van der Waals surface area (Å²) in [5.74, 6) is 0. The molecule has 0 aliphatic heterocycles. The fourth-order valence-electron chi connectivity index (χ4n) is 2.97. The molecule has 3 N–H and O–H groups in total. The largest absolute Gasteiger partial charge is 0.386 e. The molecule has 1 saturated carbocycles. The number of aliphatic hydroxyl groups is 1. The highest BCUT2D eigenvalue weighted by Crippen LogP contribution is 2.44. The predicted octanol–water partition coefficient (Wildman–Crippen LogP) is 1.75. The van der Waals surface area contributed by atoms with E-state index in [1.807, 2.05) is 11.6 Å². The van der Waals surface area contributed by atoms with Crippen LogP contribution in [-0.4, -0.2) is 21.2 Å². The molecule has 96 valence electrons. The van der Waals surface area contributed by atoms with Crippen molar-refractivity contribution in [2.24, 2.45) is 18.2 Å². The standard InChI is InChI=1S/C13H23N3O/c1-16-10-15-8-11(16)12(17)13(9-14)6-4-2-3-5-7-13/h8,10,12,17H,2-7,9,14H2,1H3. The Kier molecular flexibility index (Phi) is 3.84. The first kappa shape index (κ1) is 12.6. The first-order chi connectivity index (χ1) is 8.19. The number of aliphatic hydroxyl groups excluding tert-OH is 1. The number of rotatable bonds is 3. The SMILES string of the molecule is Cn1cncc1C(O)C1(CN)CCCCCC1. The molecule has 4 heteroatoms. The second-order valence-electron chi connectivity index (χ2n) is 5.31. The van der Waals surface area contributed by atoms with Crippen molar-refractivity contribution in [3.63, 3.8) is 0 Å². The monoisotopic (exact) mass is 237 g/mol. The Morgan fingerprint density at radius 3 is 2.53 bits per heavy atom. The Hall–Kier alpha value is -0.870. The molecule has 1 atom stereocenters. The molecule has 1 fully saturated rings. The van der Waals surface area contributed by atoms with Crippen LogP contribution in [-0.2, 0) is 7.05 Å². The second-order valence-corrected chi connectivity index (χ2v) is 5.31. The van der Waals surface area contributed by atoms with Crippen molar-refractivity contribution >= 4 is 0 Å². The van der Waals surface area contributed by atoms with Crippen molar-refractivity contribution in [2.45, 2.75) is 44.6 Å². The number of nitrogens with zero attached hydrogens (tertiary/aromatic N) is 2. The van der Waals surface area contributed by atoms with Gasteiger partial charge in [0.05, 0.1) is 18.2 Å². The van der Waals surface area contributed by atoms with Crippen molar-refractivity contribution < 1.29 is 5.11 Å². The predicted molar refractivity (Wildman–Crippen MR) is 67.4 cm³/mol. The molecular weight excluding hydrogens is 214 g/mol. The zero-order chi connectivity index (χ0) is 12.3. The Labute approximate surface area is 103 Å². The van der Waals surface area contributed by atoms with E-state index in [9.17, 15) is 5.11 Å². The zero-order valence-electron chi connectivity index (χ0n) is 10.6. The quantitative estimate of drug-likeness (QED) is 0.787. The van der Waals surface area contributed by atoms with Crippen LogP contribution in [0.25, 0.3) is 0 Å². The molecular formula is C13H23N3O. The van der Waals surface area contributed by atoms with E-state index in [-0.39, 0.29) is 5.41 Å². The highest BCUT2D eigenvalue weighted by Gasteiger charge is 2.38. The van der Waals surface area contributed by atoms with E-state index in [1.54, 1.807) is 12.5 Å². The topological polar surface area (TPSA) is 64.1 Å². The summed E-state index contributed by atoms with van der Waals surface area (Å²) < 4.78 is 1.90. The minimum atomic E-state index is -0.488. The van der Waals surface area contributed by atoms with Crippen molar-refractivity contribution in [1.29, 1.82) is 0 Å². The number of nitrogens with two attached hydrogens (primary N) is 1. The van der Waals surface area contributed by atoms with Gasteiger partial charge in [-0.05, 0) is 12.8 Å². The third-order valence-corrected chi connectivity index (χ3v) is 4.22. The zero-order valence-corrected chi connectivity index (χ0v) is 10.6. The molecule has 0 amide bonds. The number of hydrogen-bond acceptors (Lipinski definition) is 3. The maximum atomic E-state index is 10.6. The van der Waals surface area contributed by atoms with Gasteiger partial charge in [0.25, 0.3) is 0 Å². The molecule has 1 aromatic heterocycles. The lowest BCUT2D eigenvalue weighted by Crippen LogP contribution is -2.37. The van der Waals surface area contributed by atoms with Gasteiger partial charge in [-0.2, -0.15) is 0 Å². The lowest BCUT2D eigenvalue weighted by Gasteiger charge is -2.36. The highest BCUT2D eigenvalue weighted by atomic mass is 16.3. The fraction of sp³-hybridized carbons (Fsp3) is 0.769. The van der Waals surface area contributed by atoms with Crippen LogP contribution in [0.4, 0.5) is 0 Å². The first-order valence-corrected chi connectivity index (χ1v) is 6.54. The van der Waals surface area contributed by atoms with E-state index in [0.717, 1.165) is 18.5 Å². The molecule has 1 aromatic rings. The Bertz CT molecular complexity index is 353. The average Bonchev–Trinajstić information content (AvgIpc) is 2.64. The van der Waals surface area contributed by atoms with Crippen LogP contribution < -0.4 is 5.73 Å². The fourth-order valence-corrected chi connectivity index (χ4v) is 2.97. The Morgan fingerprint density at radius 1 is 1.41 bits per heavy atom.